The molecule has 2 aliphatic heterocycles. The minimum Gasteiger partial charge on any atom is -0.309 e. The number of hydrogen-bond acceptors (Lipinski definition) is 3. The minimum absolute atomic E-state index is 0.714. The predicted molar refractivity (Wildman–Crippen MR) is 69.2 cm³/mol. The van der Waals surface area contributed by atoms with Crippen molar-refractivity contribution in [3.05, 3.63) is 21.3 Å². The molecule has 2 unspecified atom stereocenters. The molecule has 2 nitrogen and oxygen atoms in total. The zero-order chi connectivity index (χ0) is 11.0. The standard InChI is InChI=1S/C12H17ClN2S/c13-11-4-5-16-12(11)8-15-6-9-2-1-3-10(7-15)14-9/h4-5,9-10,14H,1-3,6-8H2. The maximum atomic E-state index is 6.15. The number of hydrogen-bond donors (Lipinski definition) is 1. The molecule has 2 aliphatic rings. The van der Waals surface area contributed by atoms with Gasteiger partial charge in [-0.3, -0.25) is 4.90 Å². The van der Waals surface area contributed by atoms with Crippen LogP contribution in [-0.4, -0.2) is 30.1 Å². The van der Waals surface area contributed by atoms with Crippen molar-refractivity contribution in [2.75, 3.05) is 13.1 Å². The molecule has 2 saturated heterocycles. The van der Waals surface area contributed by atoms with Crippen LogP contribution >= 0.6 is 22.9 Å². The molecule has 2 atom stereocenters. The van der Waals surface area contributed by atoms with Crippen molar-refractivity contribution in [3.63, 3.8) is 0 Å². The number of nitrogens with one attached hydrogen (secondary N) is 1. The lowest BCUT2D eigenvalue weighted by Gasteiger charge is -2.42. The van der Waals surface area contributed by atoms with Crippen LogP contribution in [0.2, 0.25) is 5.02 Å². The number of halogens is 1. The zero-order valence-corrected chi connectivity index (χ0v) is 10.9. The van der Waals surface area contributed by atoms with Crippen molar-refractivity contribution in [1.29, 1.82) is 0 Å². The van der Waals surface area contributed by atoms with Gasteiger partial charge in [-0.05, 0) is 24.3 Å². The Morgan fingerprint density at radius 3 is 2.75 bits per heavy atom. The summed E-state index contributed by atoms with van der Waals surface area (Å²) in [5, 5.41) is 6.73. The third-order valence-corrected chi connectivity index (χ3v) is 4.96. The Morgan fingerprint density at radius 1 is 1.38 bits per heavy atom. The molecule has 0 amide bonds. The second-order valence-corrected chi connectivity index (χ2v) is 6.29. The largest absolute Gasteiger partial charge is 0.309 e. The highest BCUT2D eigenvalue weighted by molar-refractivity contribution is 7.10. The molecule has 2 fully saturated rings. The van der Waals surface area contributed by atoms with Gasteiger partial charge in [0, 0.05) is 36.6 Å². The van der Waals surface area contributed by atoms with Gasteiger partial charge in [0.2, 0.25) is 0 Å². The molecule has 3 rings (SSSR count). The lowest BCUT2D eigenvalue weighted by molar-refractivity contribution is 0.120. The fourth-order valence-corrected chi connectivity index (χ4v) is 4.00. The molecule has 0 spiro atoms. The summed E-state index contributed by atoms with van der Waals surface area (Å²) in [4.78, 5) is 3.88. The summed E-state index contributed by atoms with van der Waals surface area (Å²) in [6.07, 6.45) is 4.08. The topological polar surface area (TPSA) is 15.3 Å². The molecule has 0 aromatic carbocycles. The highest BCUT2D eigenvalue weighted by atomic mass is 35.5. The molecule has 1 aromatic rings. The monoisotopic (exact) mass is 256 g/mol. The molecular formula is C12H17ClN2S. The lowest BCUT2D eigenvalue weighted by Crippen LogP contribution is -2.58. The third-order valence-electron chi connectivity index (χ3n) is 3.59. The summed E-state index contributed by atoms with van der Waals surface area (Å²) in [7, 11) is 0. The molecule has 2 bridgehead atoms. The number of likely N-dealkylation sites (tertiary alicyclic amines) is 1. The van der Waals surface area contributed by atoms with Crippen LogP contribution < -0.4 is 5.32 Å². The number of piperazine rings is 1. The van der Waals surface area contributed by atoms with E-state index in [1.54, 1.807) is 11.3 Å². The van der Waals surface area contributed by atoms with Gasteiger partial charge < -0.3 is 5.32 Å². The van der Waals surface area contributed by atoms with Gasteiger partial charge in [0.25, 0.3) is 0 Å². The van der Waals surface area contributed by atoms with E-state index >= 15 is 0 Å². The number of thiophene rings is 1. The molecule has 0 radical (unpaired) electrons. The first-order valence-corrected chi connectivity index (χ1v) is 7.27. The Balaban J connectivity index is 1.65. The van der Waals surface area contributed by atoms with Gasteiger partial charge >= 0.3 is 0 Å². The number of fused-ring (bicyclic) bond motifs is 2. The predicted octanol–water partition coefficient (Wildman–Crippen LogP) is 2.73. The summed E-state index contributed by atoms with van der Waals surface area (Å²) in [6.45, 7) is 3.40. The smallest absolute Gasteiger partial charge is 0.0558 e. The fourth-order valence-electron chi connectivity index (χ4n) is 2.87. The quantitative estimate of drug-likeness (QED) is 0.875. The Bertz CT molecular complexity index is 354. The highest BCUT2D eigenvalue weighted by Gasteiger charge is 2.29. The molecule has 88 valence electrons. The van der Waals surface area contributed by atoms with Crippen LogP contribution in [0.4, 0.5) is 0 Å². The Labute approximate surface area is 106 Å². The second kappa shape index (κ2) is 4.65. The van der Waals surface area contributed by atoms with E-state index in [-0.39, 0.29) is 0 Å². The van der Waals surface area contributed by atoms with Gasteiger partial charge in [0.15, 0.2) is 0 Å². The van der Waals surface area contributed by atoms with Crippen LogP contribution in [0.25, 0.3) is 0 Å². The van der Waals surface area contributed by atoms with Gasteiger partial charge in [-0.25, -0.2) is 0 Å². The van der Waals surface area contributed by atoms with E-state index in [0.29, 0.717) is 12.1 Å². The van der Waals surface area contributed by atoms with Gasteiger partial charge in [-0.1, -0.05) is 18.0 Å². The average molecular weight is 257 g/mol. The second-order valence-electron chi connectivity index (χ2n) is 4.88. The van der Waals surface area contributed by atoms with Crippen LogP contribution in [-0.2, 0) is 6.54 Å². The Kier molecular flexibility index (Phi) is 3.20. The van der Waals surface area contributed by atoms with Crippen molar-refractivity contribution < 1.29 is 0 Å². The van der Waals surface area contributed by atoms with E-state index in [4.69, 9.17) is 11.6 Å². The third kappa shape index (κ3) is 2.28. The normalized spacial score (nSPS) is 30.6. The van der Waals surface area contributed by atoms with E-state index in [1.807, 2.05) is 6.07 Å². The summed E-state index contributed by atoms with van der Waals surface area (Å²) < 4.78 is 0. The van der Waals surface area contributed by atoms with Gasteiger partial charge in [-0.2, -0.15) is 0 Å². The molecule has 1 aromatic heterocycles. The lowest BCUT2D eigenvalue weighted by atomic mass is 9.94. The minimum atomic E-state index is 0.714. The SMILES string of the molecule is Clc1ccsc1CN1CC2CCCC(C1)N2. The highest BCUT2D eigenvalue weighted by Crippen LogP contribution is 2.26. The number of nitrogens with zero attached hydrogens (tertiary/aromatic N) is 1. The zero-order valence-electron chi connectivity index (χ0n) is 9.29. The van der Waals surface area contributed by atoms with Crippen molar-refractivity contribution in [2.45, 2.75) is 37.9 Å². The van der Waals surface area contributed by atoms with E-state index < -0.39 is 0 Å². The van der Waals surface area contributed by atoms with E-state index in [0.717, 1.165) is 11.6 Å². The fraction of sp³-hybridized carbons (Fsp3) is 0.667. The summed E-state index contributed by atoms with van der Waals surface area (Å²) in [6, 6.07) is 3.43. The van der Waals surface area contributed by atoms with Crippen LogP contribution in [0.3, 0.4) is 0 Å². The number of rotatable bonds is 2. The first kappa shape index (κ1) is 11.0. The average Bonchev–Trinajstić information content (AvgIpc) is 2.64. The van der Waals surface area contributed by atoms with Crippen molar-refractivity contribution in [2.24, 2.45) is 0 Å². The van der Waals surface area contributed by atoms with Gasteiger partial charge in [0.05, 0.1) is 5.02 Å². The van der Waals surface area contributed by atoms with Crippen molar-refractivity contribution in [3.8, 4) is 0 Å². The van der Waals surface area contributed by atoms with Crippen LogP contribution in [0.15, 0.2) is 11.4 Å². The van der Waals surface area contributed by atoms with Crippen molar-refractivity contribution in [1.82, 2.24) is 10.2 Å². The molecule has 0 saturated carbocycles. The van der Waals surface area contributed by atoms with E-state index in [1.165, 1.54) is 37.2 Å². The molecule has 16 heavy (non-hydrogen) atoms. The maximum absolute atomic E-state index is 6.15. The Morgan fingerprint density at radius 2 is 2.12 bits per heavy atom. The van der Waals surface area contributed by atoms with Gasteiger partial charge in [-0.15, -0.1) is 11.3 Å². The first-order valence-electron chi connectivity index (χ1n) is 6.01. The summed E-state index contributed by atoms with van der Waals surface area (Å²) in [5.41, 5.74) is 0. The molecular weight excluding hydrogens is 240 g/mol. The van der Waals surface area contributed by atoms with Crippen LogP contribution in [0.1, 0.15) is 24.1 Å². The van der Waals surface area contributed by atoms with E-state index in [9.17, 15) is 0 Å². The molecule has 3 heterocycles. The first-order chi connectivity index (χ1) is 7.81. The molecule has 0 aliphatic carbocycles. The summed E-state index contributed by atoms with van der Waals surface area (Å²) >= 11 is 7.93. The van der Waals surface area contributed by atoms with Crippen LogP contribution in [0.5, 0.6) is 0 Å². The van der Waals surface area contributed by atoms with Crippen LogP contribution in [0, 0.1) is 0 Å². The van der Waals surface area contributed by atoms with E-state index in [2.05, 4.69) is 15.6 Å². The van der Waals surface area contributed by atoms with Gasteiger partial charge in [0.1, 0.15) is 0 Å². The molecule has 1 N–H and O–H groups in total. The Hall–Kier alpha value is -0.0900. The van der Waals surface area contributed by atoms with Crippen molar-refractivity contribution >= 4 is 22.9 Å². The molecule has 4 heteroatoms. The number of piperidine rings is 1. The summed E-state index contributed by atoms with van der Waals surface area (Å²) in [5.74, 6) is 0. The maximum Gasteiger partial charge on any atom is 0.0558 e.